The van der Waals surface area contributed by atoms with Crippen molar-refractivity contribution < 1.29 is 4.39 Å². The molecule has 2 aromatic carbocycles. The van der Waals surface area contributed by atoms with E-state index in [9.17, 15) is 4.39 Å². The molecule has 2 aromatic heterocycles. The molecule has 0 saturated heterocycles. The van der Waals surface area contributed by atoms with Gasteiger partial charge in [0.1, 0.15) is 5.82 Å². The zero-order valence-electron chi connectivity index (χ0n) is 16.3. The van der Waals surface area contributed by atoms with Gasteiger partial charge in [-0.1, -0.05) is 11.6 Å². The first-order valence-electron chi connectivity index (χ1n) is 9.35. The molecule has 0 aliphatic carbocycles. The highest BCUT2D eigenvalue weighted by atomic mass is 19.1. The van der Waals surface area contributed by atoms with E-state index < -0.39 is 0 Å². The van der Waals surface area contributed by atoms with Crippen molar-refractivity contribution in [2.24, 2.45) is 7.05 Å². The maximum absolute atomic E-state index is 13.4. The molecule has 0 unspecified atom stereocenters. The summed E-state index contributed by atoms with van der Waals surface area (Å²) in [5.41, 5.74) is 7.23. The summed E-state index contributed by atoms with van der Waals surface area (Å²) >= 11 is 0. The molecule has 0 amide bonds. The number of benzene rings is 2. The van der Waals surface area contributed by atoms with E-state index in [0.29, 0.717) is 6.54 Å². The lowest BCUT2D eigenvalue weighted by Crippen LogP contribution is -2.14. The van der Waals surface area contributed by atoms with Crippen LogP contribution in [0.1, 0.15) is 22.4 Å². The maximum atomic E-state index is 13.4. The van der Waals surface area contributed by atoms with Crippen molar-refractivity contribution in [2.75, 3.05) is 0 Å². The Morgan fingerprint density at radius 1 is 0.964 bits per heavy atom. The molecule has 1 N–H and O–H groups in total. The largest absolute Gasteiger partial charge is 0.308 e. The van der Waals surface area contributed by atoms with Gasteiger partial charge in [0.25, 0.3) is 0 Å². The van der Waals surface area contributed by atoms with E-state index in [4.69, 9.17) is 4.98 Å². The van der Waals surface area contributed by atoms with Crippen molar-refractivity contribution in [3.63, 3.8) is 0 Å². The van der Waals surface area contributed by atoms with Crippen LogP contribution in [0, 0.1) is 19.7 Å². The van der Waals surface area contributed by atoms with Crippen molar-refractivity contribution >= 4 is 10.9 Å². The Bertz CT molecular complexity index is 1130. The van der Waals surface area contributed by atoms with Crippen LogP contribution in [0.5, 0.6) is 0 Å². The van der Waals surface area contributed by atoms with Gasteiger partial charge in [-0.2, -0.15) is 5.10 Å². The number of hydrogen-bond acceptors (Lipinski definition) is 3. The normalized spacial score (nSPS) is 11.3. The molecule has 0 aliphatic heterocycles. The highest BCUT2D eigenvalue weighted by Crippen LogP contribution is 2.26. The minimum atomic E-state index is -0.244. The average Bonchev–Trinajstić information content (AvgIpc) is 2.99. The summed E-state index contributed by atoms with van der Waals surface area (Å²) in [6.45, 7) is 5.49. The van der Waals surface area contributed by atoms with Crippen molar-refractivity contribution in [1.29, 1.82) is 0 Å². The van der Waals surface area contributed by atoms with Crippen LogP contribution in [-0.4, -0.2) is 14.8 Å². The summed E-state index contributed by atoms with van der Waals surface area (Å²) in [6, 6.07) is 14.9. The minimum absolute atomic E-state index is 0.244. The molecule has 0 radical (unpaired) electrons. The second-order valence-electron chi connectivity index (χ2n) is 7.22. The minimum Gasteiger partial charge on any atom is -0.308 e. The lowest BCUT2D eigenvalue weighted by Gasteiger charge is -2.13. The molecule has 4 aromatic rings. The number of halogens is 1. The molecule has 4 rings (SSSR count). The Morgan fingerprint density at radius 2 is 1.71 bits per heavy atom. The van der Waals surface area contributed by atoms with Gasteiger partial charge in [-0.25, -0.2) is 9.37 Å². The van der Waals surface area contributed by atoms with Gasteiger partial charge in [0.15, 0.2) is 0 Å². The van der Waals surface area contributed by atoms with Gasteiger partial charge in [0, 0.05) is 42.8 Å². The molecule has 0 bridgehead atoms. The van der Waals surface area contributed by atoms with Crippen LogP contribution in [0.3, 0.4) is 0 Å². The first-order chi connectivity index (χ1) is 13.5. The molecule has 0 aliphatic rings. The van der Waals surface area contributed by atoms with Crippen molar-refractivity contribution in [3.05, 3.63) is 82.9 Å². The molecule has 142 valence electrons. The Morgan fingerprint density at radius 3 is 2.43 bits per heavy atom. The Balaban J connectivity index is 1.68. The first kappa shape index (κ1) is 18.3. The first-order valence-corrected chi connectivity index (χ1v) is 9.35. The van der Waals surface area contributed by atoms with Crippen LogP contribution >= 0.6 is 0 Å². The highest BCUT2D eigenvalue weighted by molar-refractivity contribution is 5.84. The van der Waals surface area contributed by atoms with Crippen LogP contribution in [0.2, 0.25) is 0 Å². The highest BCUT2D eigenvalue weighted by Gasteiger charge is 2.11. The molecule has 4 nitrogen and oxygen atoms in total. The molecule has 0 spiro atoms. The predicted octanol–water partition coefficient (Wildman–Crippen LogP) is 4.68. The second-order valence-corrected chi connectivity index (χ2v) is 7.22. The lowest BCUT2D eigenvalue weighted by molar-refractivity contribution is 0.628. The van der Waals surface area contributed by atoms with E-state index in [1.54, 1.807) is 12.1 Å². The number of aryl methyl sites for hydroxylation is 3. The van der Waals surface area contributed by atoms with Gasteiger partial charge >= 0.3 is 0 Å². The number of nitrogens with zero attached hydrogens (tertiary/aromatic N) is 3. The molecule has 0 saturated carbocycles. The topological polar surface area (TPSA) is 42.7 Å². The van der Waals surface area contributed by atoms with E-state index in [0.717, 1.165) is 40.0 Å². The molecular weight excluding hydrogens is 351 g/mol. The average molecular weight is 374 g/mol. The van der Waals surface area contributed by atoms with Crippen molar-refractivity contribution in [2.45, 2.75) is 26.9 Å². The van der Waals surface area contributed by atoms with Gasteiger partial charge < -0.3 is 5.32 Å². The van der Waals surface area contributed by atoms with Crippen molar-refractivity contribution in [3.8, 4) is 11.3 Å². The molecule has 0 fully saturated rings. The molecule has 2 heterocycles. The summed E-state index contributed by atoms with van der Waals surface area (Å²) in [7, 11) is 1.93. The zero-order chi connectivity index (χ0) is 19.7. The third kappa shape index (κ3) is 3.80. The number of nitrogens with one attached hydrogen (secondary N) is 1. The van der Waals surface area contributed by atoms with E-state index in [1.807, 2.05) is 30.9 Å². The molecule has 5 heteroatoms. The number of aromatic nitrogens is 3. The Hall–Kier alpha value is -3.05. The van der Waals surface area contributed by atoms with E-state index >= 15 is 0 Å². The van der Waals surface area contributed by atoms with Crippen LogP contribution in [-0.2, 0) is 20.1 Å². The SMILES string of the molecule is Cc1ccc2nc(-c3ccc(F)cc3)c(CNCc3cn(C)nc3C)cc2c1. The lowest BCUT2D eigenvalue weighted by atomic mass is 10.0. The van der Waals surface area contributed by atoms with Gasteiger partial charge in [0.2, 0.25) is 0 Å². The predicted molar refractivity (Wildman–Crippen MR) is 110 cm³/mol. The standard InChI is InChI=1S/C23H23FN4/c1-15-4-9-22-18(10-15)11-19(12-25-13-20-14-28(3)27-16(20)2)23(26-22)17-5-7-21(24)8-6-17/h4-11,14,25H,12-13H2,1-3H3. The summed E-state index contributed by atoms with van der Waals surface area (Å²) in [4.78, 5) is 4.88. The number of rotatable bonds is 5. The van der Waals surface area contributed by atoms with E-state index in [1.165, 1.54) is 23.3 Å². The fraction of sp³-hybridized carbons (Fsp3) is 0.217. The zero-order valence-corrected chi connectivity index (χ0v) is 16.3. The van der Waals surface area contributed by atoms with Crippen molar-refractivity contribution in [1.82, 2.24) is 20.1 Å². The van der Waals surface area contributed by atoms with Gasteiger partial charge in [-0.05, 0) is 61.9 Å². The number of pyridine rings is 1. The van der Waals surface area contributed by atoms with E-state index in [2.05, 4.69) is 35.5 Å². The molecule has 0 atom stereocenters. The van der Waals surface area contributed by atoms with Crippen LogP contribution in [0.4, 0.5) is 4.39 Å². The summed E-state index contributed by atoms with van der Waals surface area (Å²) in [5.74, 6) is -0.244. The van der Waals surface area contributed by atoms with Gasteiger partial charge in [0.05, 0.1) is 16.9 Å². The fourth-order valence-electron chi connectivity index (χ4n) is 3.49. The summed E-state index contributed by atoms with van der Waals surface area (Å²) < 4.78 is 15.2. The monoisotopic (exact) mass is 374 g/mol. The molecule has 28 heavy (non-hydrogen) atoms. The Labute approximate surface area is 164 Å². The number of hydrogen-bond donors (Lipinski definition) is 1. The van der Waals surface area contributed by atoms with Gasteiger partial charge in [-0.3, -0.25) is 4.68 Å². The smallest absolute Gasteiger partial charge is 0.123 e. The molecular formula is C23H23FN4. The second kappa shape index (κ2) is 7.52. The summed E-state index contributed by atoms with van der Waals surface area (Å²) in [5, 5.41) is 9.01. The van der Waals surface area contributed by atoms with Crippen LogP contribution in [0.25, 0.3) is 22.2 Å². The van der Waals surface area contributed by atoms with E-state index in [-0.39, 0.29) is 5.82 Å². The third-order valence-corrected chi connectivity index (χ3v) is 4.91. The van der Waals surface area contributed by atoms with Gasteiger partial charge in [-0.15, -0.1) is 0 Å². The quantitative estimate of drug-likeness (QED) is 0.551. The Kier molecular flexibility index (Phi) is 4.92. The van der Waals surface area contributed by atoms with Crippen LogP contribution < -0.4 is 5.32 Å². The maximum Gasteiger partial charge on any atom is 0.123 e. The van der Waals surface area contributed by atoms with Crippen LogP contribution in [0.15, 0.2) is 54.7 Å². The fourth-order valence-corrected chi connectivity index (χ4v) is 3.49. The number of fused-ring (bicyclic) bond motifs is 1. The summed E-state index contributed by atoms with van der Waals surface area (Å²) in [6.07, 6.45) is 2.03. The third-order valence-electron chi connectivity index (χ3n) is 4.91.